The van der Waals surface area contributed by atoms with Crippen LogP contribution in [0.5, 0.6) is 0 Å². The number of allylic oxidation sites excluding steroid dienone is 1. The van der Waals surface area contributed by atoms with Crippen molar-refractivity contribution in [2.24, 2.45) is 23.2 Å². The molecule has 0 saturated carbocycles. The maximum Gasteiger partial charge on any atom is 0.333 e. The third-order valence-corrected chi connectivity index (χ3v) is 3.51. The maximum atomic E-state index is 11.3. The Hall–Kier alpha value is -2.58. The Labute approximate surface area is 121 Å². The number of primary amides is 2. The number of fused-ring (bicyclic) bond motifs is 1. The number of amides is 4. The summed E-state index contributed by atoms with van der Waals surface area (Å²) in [4.78, 5) is 22.6. The quantitative estimate of drug-likeness (QED) is 0.357. The Kier molecular flexibility index (Phi) is 3.36. The first-order chi connectivity index (χ1) is 9.66. The Morgan fingerprint density at radius 1 is 1.00 bits per heavy atom. The van der Waals surface area contributed by atoms with Gasteiger partial charge in [0.05, 0.1) is 11.4 Å². The summed E-state index contributed by atoms with van der Waals surface area (Å²) in [5, 5.41) is 1.71. The van der Waals surface area contributed by atoms with Crippen molar-refractivity contribution in [2.75, 3.05) is 10.0 Å². The summed E-state index contributed by atoms with van der Waals surface area (Å²) in [6.45, 7) is 3.89. The standard InChI is InChI=1S/C13H18N6O2/c1-13(2)6-5-7-8(18(16)11(14)20)3-4-9(10(7)13)19(17)12(15)21/h3-6H,16-17H2,1-2H3,(H2,14,20)(H2,15,21). The number of hydrogen-bond acceptors (Lipinski definition) is 4. The molecule has 0 unspecified atom stereocenters. The molecule has 2 rings (SSSR count). The minimum atomic E-state index is -0.789. The second kappa shape index (κ2) is 4.76. The van der Waals surface area contributed by atoms with E-state index in [-0.39, 0.29) is 0 Å². The lowest BCUT2D eigenvalue weighted by Gasteiger charge is -2.27. The minimum absolute atomic E-state index is 0.397. The van der Waals surface area contributed by atoms with Crippen molar-refractivity contribution in [1.82, 2.24) is 0 Å². The van der Waals surface area contributed by atoms with Gasteiger partial charge in [0, 0.05) is 11.0 Å². The number of urea groups is 2. The van der Waals surface area contributed by atoms with Crippen LogP contribution < -0.4 is 33.2 Å². The van der Waals surface area contributed by atoms with Crippen LogP contribution in [-0.4, -0.2) is 12.1 Å². The molecule has 1 aromatic carbocycles. The van der Waals surface area contributed by atoms with Crippen molar-refractivity contribution in [2.45, 2.75) is 19.3 Å². The number of nitrogens with zero attached hydrogens (tertiary/aromatic N) is 2. The van der Waals surface area contributed by atoms with E-state index in [9.17, 15) is 9.59 Å². The van der Waals surface area contributed by atoms with Crippen molar-refractivity contribution in [3.8, 4) is 0 Å². The zero-order valence-corrected chi connectivity index (χ0v) is 11.8. The van der Waals surface area contributed by atoms with Crippen molar-refractivity contribution in [3.63, 3.8) is 0 Å². The van der Waals surface area contributed by atoms with Crippen LogP contribution in [0.25, 0.3) is 6.08 Å². The van der Waals surface area contributed by atoms with Crippen LogP contribution >= 0.6 is 0 Å². The fraction of sp³-hybridized carbons (Fsp3) is 0.231. The number of hydrogen-bond donors (Lipinski definition) is 4. The normalized spacial score (nSPS) is 14.7. The van der Waals surface area contributed by atoms with E-state index in [1.807, 2.05) is 26.0 Å². The molecule has 1 aromatic rings. The van der Waals surface area contributed by atoms with Gasteiger partial charge < -0.3 is 11.5 Å². The third kappa shape index (κ3) is 2.30. The van der Waals surface area contributed by atoms with Gasteiger partial charge in [-0.15, -0.1) is 0 Å². The number of carbonyl (C=O) groups is 2. The third-order valence-electron chi connectivity index (χ3n) is 3.51. The molecule has 0 heterocycles. The number of benzene rings is 1. The maximum absolute atomic E-state index is 11.3. The summed E-state index contributed by atoms with van der Waals surface area (Å²) >= 11 is 0. The fourth-order valence-electron chi connectivity index (χ4n) is 2.47. The lowest BCUT2D eigenvalue weighted by atomic mass is 9.85. The Bertz CT molecular complexity index is 652. The minimum Gasteiger partial charge on any atom is -0.350 e. The molecule has 8 nitrogen and oxygen atoms in total. The number of nitrogens with two attached hydrogens (primary N) is 4. The fourth-order valence-corrected chi connectivity index (χ4v) is 2.47. The zero-order chi connectivity index (χ0) is 15.9. The van der Waals surface area contributed by atoms with Gasteiger partial charge in [-0.25, -0.2) is 31.3 Å². The highest BCUT2D eigenvalue weighted by molar-refractivity contribution is 5.97. The predicted octanol–water partition coefficient (Wildman–Crippen LogP) is 0.509. The second-order valence-corrected chi connectivity index (χ2v) is 5.36. The average Bonchev–Trinajstić information content (AvgIpc) is 2.72. The highest BCUT2D eigenvalue weighted by Crippen LogP contribution is 2.44. The largest absolute Gasteiger partial charge is 0.350 e. The number of anilines is 2. The van der Waals surface area contributed by atoms with E-state index >= 15 is 0 Å². The molecular formula is C13H18N6O2. The van der Waals surface area contributed by atoms with E-state index in [1.165, 1.54) is 0 Å². The molecule has 0 spiro atoms. The van der Waals surface area contributed by atoms with Crippen LogP contribution in [0, 0.1) is 0 Å². The molecule has 0 aliphatic heterocycles. The van der Waals surface area contributed by atoms with Gasteiger partial charge in [-0.05, 0) is 17.7 Å². The van der Waals surface area contributed by atoms with Crippen molar-refractivity contribution in [3.05, 3.63) is 29.3 Å². The molecule has 8 heteroatoms. The summed E-state index contributed by atoms with van der Waals surface area (Å²) in [7, 11) is 0. The Morgan fingerprint density at radius 2 is 1.48 bits per heavy atom. The first-order valence-electron chi connectivity index (χ1n) is 6.22. The molecular weight excluding hydrogens is 272 g/mol. The average molecular weight is 290 g/mol. The molecule has 1 aliphatic rings. The van der Waals surface area contributed by atoms with Gasteiger partial charge in [0.2, 0.25) is 0 Å². The summed E-state index contributed by atoms with van der Waals surface area (Å²) in [5.41, 5.74) is 12.3. The summed E-state index contributed by atoms with van der Waals surface area (Å²) in [5.74, 6) is 11.4. The topological polar surface area (TPSA) is 145 Å². The molecule has 4 amide bonds. The zero-order valence-electron chi connectivity index (χ0n) is 11.8. The number of rotatable bonds is 2. The molecule has 1 aliphatic carbocycles. The van der Waals surface area contributed by atoms with E-state index in [4.69, 9.17) is 23.2 Å². The number of carbonyl (C=O) groups excluding carboxylic acids is 2. The molecule has 0 radical (unpaired) electrons. The van der Waals surface area contributed by atoms with E-state index in [2.05, 4.69) is 0 Å². The van der Waals surface area contributed by atoms with Crippen LogP contribution in [-0.2, 0) is 5.41 Å². The second-order valence-electron chi connectivity index (χ2n) is 5.36. The molecule has 0 atom stereocenters. The summed E-state index contributed by atoms with van der Waals surface area (Å²) in [6, 6.07) is 1.57. The molecule has 0 saturated heterocycles. The smallest absolute Gasteiger partial charge is 0.333 e. The van der Waals surface area contributed by atoms with Crippen LogP contribution in [0.2, 0.25) is 0 Å². The van der Waals surface area contributed by atoms with Crippen LogP contribution in [0.15, 0.2) is 18.2 Å². The molecule has 21 heavy (non-hydrogen) atoms. The van der Waals surface area contributed by atoms with Crippen molar-refractivity contribution in [1.29, 1.82) is 0 Å². The first-order valence-corrected chi connectivity index (χ1v) is 6.22. The predicted molar refractivity (Wildman–Crippen MR) is 81.0 cm³/mol. The van der Waals surface area contributed by atoms with Gasteiger partial charge in [0.25, 0.3) is 0 Å². The first kappa shape index (κ1) is 14.8. The molecule has 8 N–H and O–H groups in total. The van der Waals surface area contributed by atoms with Crippen LogP contribution in [0.1, 0.15) is 25.0 Å². The summed E-state index contributed by atoms with van der Waals surface area (Å²) in [6.07, 6.45) is 3.74. The molecule has 112 valence electrons. The van der Waals surface area contributed by atoms with Gasteiger partial charge >= 0.3 is 12.1 Å². The van der Waals surface area contributed by atoms with Gasteiger partial charge in [-0.2, -0.15) is 0 Å². The molecule has 0 bridgehead atoms. The highest BCUT2D eigenvalue weighted by atomic mass is 16.2. The Morgan fingerprint density at radius 3 is 2.00 bits per heavy atom. The SMILES string of the molecule is CC1(C)C=Cc2c(N(N)C(N)=O)ccc(N(N)C(N)=O)c21. The Balaban J connectivity index is 2.69. The molecule has 0 fully saturated rings. The van der Waals surface area contributed by atoms with E-state index in [0.717, 1.165) is 15.6 Å². The lowest BCUT2D eigenvalue weighted by Crippen LogP contribution is -2.44. The van der Waals surface area contributed by atoms with Gasteiger partial charge in [-0.1, -0.05) is 26.0 Å². The lowest BCUT2D eigenvalue weighted by molar-refractivity contribution is 0.253. The van der Waals surface area contributed by atoms with Gasteiger partial charge in [0.1, 0.15) is 0 Å². The van der Waals surface area contributed by atoms with E-state index in [1.54, 1.807) is 12.1 Å². The van der Waals surface area contributed by atoms with E-state index < -0.39 is 17.5 Å². The van der Waals surface area contributed by atoms with Crippen molar-refractivity contribution < 1.29 is 9.59 Å². The molecule has 0 aromatic heterocycles. The van der Waals surface area contributed by atoms with Gasteiger partial charge in [-0.3, -0.25) is 0 Å². The summed E-state index contributed by atoms with van der Waals surface area (Å²) < 4.78 is 0. The van der Waals surface area contributed by atoms with Gasteiger partial charge in [0.15, 0.2) is 0 Å². The van der Waals surface area contributed by atoms with E-state index in [0.29, 0.717) is 16.9 Å². The van der Waals surface area contributed by atoms with Crippen LogP contribution in [0.4, 0.5) is 21.0 Å². The monoisotopic (exact) mass is 290 g/mol. The number of hydrazine groups is 2. The van der Waals surface area contributed by atoms with Crippen molar-refractivity contribution >= 4 is 29.5 Å². The van der Waals surface area contributed by atoms with Crippen LogP contribution in [0.3, 0.4) is 0 Å². The highest BCUT2D eigenvalue weighted by Gasteiger charge is 2.33.